The van der Waals surface area contributed by atoms with Gasteiger partial charge in [0, 0.05) is 22.7 Å². The average Bonchev–Trinajstić information content (AvgIpc) is 2.99. The van der Waals surface area contributed by atoms with Gasteiger partial charge in [-0.2, -0.15) is 0 Å². The Hall–Kier alpha value is -2.08. The lowest BCUT2D eigenvalue weighted by Crippen LogP contribution is -2.21. The Balaban J connectivity index is 1.75. The van der Waals surface area contributed by atoms with Crippen molar-refractivity contribution in [1.82, 2.24) is 15.0 Å². The molecule has 0 bridgehead atoms. The first kappa shape index (κ1) is 14.5. The van der Waals surface area contributed by atoms with Gasteiger partial charge in [-0.15, -0.1) is 0 Å². The molecule has 1 aromatic carbocycles. The summed E-state index contributed by atoms with van der Waals surface area (Å²) in [4.78, 5) is 12.0. The molecule has 118 valence electrons. The molecule has 5 nitrogen and oxygen atoms in total. The van der Waals surface area contributed by atoms with Crippen molar-refractivity contribution in [3.05, 3.63) is 46.3 Å². The molecule has 0 amide bonds. The lowest BCUT2D eigenvalue weighted by atomic mass is 10.0. The van der Waals surface area contributed by atoms with Crippen molar-refractivity contribution in [2.24, 2.45) is 0 Å². The van der Waals surface area contributed by atoms with E-state index in [-0.39, 0.29) is 6.04 Å². The lowest BCUT2D eigenvalue weighted by molar-refractivity contribution is 0.274. The maximum absolute atomic E-state index is 5.76. The second-order valence-electron chi connectivity index (χ2n) is 5.63. The van der Waals surface area contributed by atoms with Crippen molar-refractivity contribution in [1.29, 1.82) is 0 Å². The van der Waals surface area contributed by atoms with Crippen LogP contribution in [0.5, 0.6) is 5.75 Å². The number of halogens is 1. The minimum absolute atomic E-state index is 0.175. The van der Waals surface area contributed by atoms with Gasteiger partial charge in [-0.1, -0.05) is 22.9 Å². The zero-order valence-corrected chi connectivity index (χ0v) is 14.4. The minimum Gasteiger partial charge on any atom is -0.493 e. The predicted octanol–water partition coefficient (Wildman–Crippen LogP) is 4.22. The van der Waals surface area contributed by atoms with Gasteiger partial charge in [-0.05, 0) is 30.2 Å². The predicted molar refractivity (Wildman–Crippen MR) is 93.9 cm³/mol. The molecule has 3 aromatic rings. The van der Waals surface area contributed by atoms with Gasteiger partial charge in [0.15, 0.2) is 0 Å². The molecule has 3 heterocycles. The molecule has 4 rings (SSSR count). The molecule has 1 atom stereocenters. The lowest BCUT2D eigenvalue weighted by Gasteiger charge is -2.27. The standard InChI is InChI=1S/C17H17BrN4O/c1-2-10-8-19-16-15(10)17(21-9-20-16)22-13-5-6-23-14-4-3-11(18)7-12(13)14/h3-4,7-9,13H,2,5-6H2,1H3,(H2,19,20,21,22). The van der Waals surface area contributed by atoms with Crippen LogP contribution >= 0.6 is 15.9 Å². The summed E-state index contributed by atoms with van der Waals surface area (Å²) in [6.45, 7) is 2.84. The number of hydrogen-bond acceptors (Lipinski definition) is 4. The Labute approximate surface area is 142 Å². The maximum Gasteiger partial charge on any atom is 0.143 e. The zero-order valence-electron chi connectivity index (χ0n) is 12.8. The van der Waals surface area contributed by atoms with E-state index >= 15 is 0 Å². The molecule has 0 fully saturated rings. The minimum atomic E-state index is 0.175. The molecule has 0 saturated carbocycles. The molecule has 0 radical (unpaired) electrons. The van der Waals surface area contributed by atoms with Gasteiger partial charge in [0.2, 0.25) is 0 Å². The largest absolute Gasteiger partial charge is 0.493 e. The summed E-state index contributed by atoms with van der Waals surface area (Å²) in [5, 5.41) is 4.68. The highest BCUT2D eigenvalue weighted by atomic mass is 79.9. The summed E-state index contributed by atoms with van der Waals surface area (Å²) in [5.74, 6) is 1.82. The first-order valence-corrected chi connectivity index (χ1v) is 8.55. The van der Waals surface area contributed by atoms with Gasteiger partial charge in [0.05, 0.1) is 18.0 Å². The van der Waals surface area contributed by atoms with E-state index in [9.17, 15) is 0 Å². The van der Waals surface area contributed by atoms with Crippen LogP contribution in [0.3, 0.4) is 0 Å². The second kappa shape index (κ2) is 5.85. The number of nitrogens with zero attached hydrogens (tertiary/aromatic N) is 2. The van der Waals surface area contributed by atoms with Crippen LogP contribution in [-0.2, 0) is 6.42 Å². The summed E-state index contributed by atoms with van der Waals surface area (Å²) in [6, 6.07) is 6.30. The molecule has 23 heavy (non-hydrogen) atoms. The Bertz CT molecular complexity index is 861. The third-order valence-corrected chi connectivity index (χ3v) is 4.75. The molecule has 0 spiro atoms. The third kappa shape index (κ3) is 2.57. The first-order chi connectivity index (χ1) is 11.3. The summed E-state index contributed by atoms with van der Waals surface area (Å²) < 4.78 is 6.82. The number of hydrogen-bond donors (Lipinski definition) is 2. The number of aromatic nitrogens is 3. The fraction of sp³-hybridized carbons (Fsp3) is 0.294. The van der Waals surface area contributed by atoms with Crippen molar-refractivity contribution in [2.75, 3.05) is 11.9 Å². The molecule has 0 saturated heterocycles. The molecule has 1 unspecified atom stereocenters. The van der Waals surface area contributed by atoms with Gasteiger partial charge >= 0.3 is 0 Å². The van der Waals surface area contributed by atoms with E-state index in [1.54, 1.807) is 6.33 Å². The van der Waals surface area contributed by atoms with Crippen molar-refractivity contribution < 1.29 is 4.74 Å². The second-order valence-corrected chi connectivity index (χ2v) is 6.55. The van der Waals surface area contributed by atoms with Gasteiger partial charge < -0.3 is 15.0 Å². The summed E-state index contributed by atoms with van der Waals surface area (Å²) in [7, 11) is 0. The highest BCUT2D eigenvalue weighted by Gasteiger charge is 2.23. The van der Waals surface area contributed by atoms with E-state index in [2.05, 4.69) is 49.2 Å². The number of H-pyrrole nitrogens is 1. The monoisotopic (exact) mass is 372 g/mol. The van der Waals surface area contributed by atoms with Crippen LogP contribution in [0, 0.1) is 0 Å². The van der Waals surface area contributed by atoms with E-state index < -0.39 is 0 Å². The van der Waals surface area contributed by atoms with Crippen LogP contribution in [0.15, 0.2) is 35.2 Å². The van der Waals surface area contributed by atoms with Crippen LogP contribution in [0.1, 0.15) is 30.5 Å². The van der Waals surface area contributed by atoms with Crippen molar-refractivity contribution in [2.45, 2.75) is 25.8 Å². The molecular weight excluding hydrogens is 356 g/mol. The van der Waals surface area contributed by atoms with Crippen LogP contribution in [0.25, 0.3) is 11.0 Å². The molecular formula is C17H17BrN4O. The summed E-state index contributed by atoms with van der Waals surface area (Å²) in [5.41, 5.74) is 3.26. The number of anilines is 1. The fourth-order valence-corrected chi connectivity index (χ4v) is 3.47. The number of rotatable bonds is 3. The van der Waals surface area contributed by atoms with Gasteiger partial charge in [0.1, 0.15) is 23.5 Å². The van der Waals surface area contributed by atoms with Crippen LogP contribution in [-0.4, -0.2) is 21.6 Å². The molecule has 0 aliphatic carbocycles. The van der Waals surface area contributed by atoms with Gasteiger partial charge in [-0.3, -0.25) is 0 Å². The molecule has 2 aromatic heterocycles. The maximum atomic E-state index is 5.76. The number of nitrogens with one attached hydrogen (secondary N) is 2. The van der Waals surface area contributed by atoms with E-state index in [0.717, 1.165) is 45.5 Å². The van der Waals surface area contributed by atoms with Gasteiger partial charge in [0.25, 0.3) is 0 Å². The number of aryl methyl sites for hydroxylation is 1. The summed E-state index contributed by atoms with van der Waals surface area (Å²) >= 11 is 3.55. The molecule has 1 aliphatic rings. The normalized spacial score (nSPS) is 16.9. The van der Waals surface area contributed by atoms with E-state index in [1.165, 1.54) is 5.56 Å². The smallest absolute Gasteiger partial charge is 0.143 e. The van der Waals surface area contributed by atoms with Crippen molar-refractivity contribution in [3.8, 4) is 5.75 Å². The van der Waals surface area contributed by atoms with Crippen LogP contribution < -0.4 is 10.1 Å². The first-order valence-electron chi connectivity index (χ1n) is 7.76. The number of benzene rings is 1. The Morgan fingerprint density at radius 1 is 1.39 bits per heavy atom. The highest BCUT2D eigenvalue weighted by Crippen LogP contribution is 2.37. The SMILES string of the molecule is CCc1c[nH]c2ncnc(NC3CCOc4ccc(Br)cc43)c12. The van der Waals surface area contributed by atoms with E-state index in [4.69, 9.17) is 4.74 Å². The van der Waals surface area contributed by atoms with E-state index in [1.807, 2.05) is 18.3 Å². The Morgan fingerprint density at radius 3 is 3.17 bits per heavy atom. The fourth-order valence-electron chi connectivity index (χ4n) is 3.10. The third-order valence-electron chi connectivity index (χ3n) is 4.25. The van der Waals surface area contributed by atoms with Crippen LogP contribution in [0.2, 0.25) is 0 Å². The zero-order chi connectivity index (χ0) is 15.8. The highest BCUT2D eigenvalue weighted by molar-refractivity contribution is 9.10. The molecule has 2 N–H and O–H groups in total. The number of aromatic amines is 1. The quantitative estimate of drug-likeness (QED) is 0.722. The van der Waals surface area contributed by atoms with Crippen molar-refractivity contribution >= 4 is 32.8 Å². The Morgan fingerprint density at radius 2 is 2.30 bits per heavy atom. The molecule has 6 heteroatoms. The summed E-state index contributed by atoms with van der Waals surface area (Å²) in [6.07, 6.45) is 5.46. The van der Waals surface area contributed by atoms with Gasteiger partial charge in [-0.25, -0.2) is 9.97 Å². The average molecular weight is 373 g/mol. The van der Waals surface area contributed by atoms with Crippen LogP contribution in [0.4, 0.5) is 5.82 Å². The van der Waals surface area contributed by atoms with Crippen molar-refractivity contribution in [3.63, 3.8) is 0 Å². The topological polar surface area (TPSA) is 62.8 Å². The molecule has 1 aliphatic heterocycles. The Kier molecular flexibility index (Phi) is 3.69. The number of ether oxygens (including phenoxy) is 1. The van der Waals surface area contributed by atoms with E-state index in [0.29, 0.717) is 6.61 Å². The number of fused-ring (bicyclic) bond motifs is 2.